The van der Waals surface area contributed by atoms with Crippen LogP contribution in [-0.4, -0.2) is 27.3 Å². The number of nitrogens with one attached hydrogen (secondary N) is 1. The molecule has 0 saturated carbocycles. The predicted molar refractivity (Wildman–Crippen MR) is 104 cm³/mol. The van der Waals surface area contributed by atoms with Gasteiger partial charge in [-0.3, -0.25) is 9.13 Å². The highest BCUT2D eigenvalue weighted by Crippen LogP contribution is 2.27. The molecule has 0 unspecified atom stereocenters. The Morgan fingerprint density at radius 1 is 1.23 bits per heavy atom. The maximum Gasteiger partial charge on any atom is 0.329 e. The Morgan fingerprint density at radius 2 is 2.00 bits per heavy atom. The van der Waals surface area contributed by atoms with Gasteiger partial charge in [0.25, 0.3) is 0 Å². The molecule has 136 valence electrons. The molecule has 0 aliphatic carbocycles. The zero-order valence-electron chi connectivity index (χ0n) is 14.8. The maximum absolute atomic E-state index is 12.8. The van der Waals surface area contributed by atoms with Crippen molar-refractivity contribution < 1.29 is 4.74 Å². The molecule has 4 rings (SSSR count). The summed E-state index contributed by atoms with van der Waals surface area (Å²) in [5.74, 6) is 0.703. The first-order valence-corrected chi connectivity index (χ1v) is 9.10. The first-order valence-electron chi connectivity index (χ1n) is 8.72. The molecule has 1 saturated heterocycles. The Kier molecular flexibility index (Phi) is 4.46. The number of nitrogens with zero attached hydrogens (tertiary/aromatic N) is 3. The maximum atomic E-state index is 12.8. The van der Waals surface area contributed by atoms with Crippen LogP contribution in [0.5, 0.6) is 0 Å². The van der Waals surface area contributed by atoms with Crippen molar-refractivity contribution in [3.63, 3.8) is 0 Å². The lowest BCUT2D eigenvalue weighted by Crippen LogP contribution is -2.29. The molecular formula is C19H21ClN4O2. The van der Waals surface area contributed by atoms with Gasteiger partial charge in [-0.25, -0.2) is 9.78 Å². The molecule has 1 aliphatic heterocycles. The van der Waals surface area contributed by atoms with Crippen molar-refractivity contribution in [2.75, 3.05) is 18.5 Å². The Labute approximate surface area is 156 Å². The van der Waals surface area contributed by atoms with Crippen LogP contribution in [0.1, 0.15) is 24.4 Å². The number of aromatic nitrogens is 3. The number of fused-ring (bicyclic) bond motifs is 1. The molecule has 0 bridgehead atoms. The summed E-state index contributed by atoms with van der Waals surface area (Å²) < 4.78 is 9.00. The van der Waals surface area contributed by atoms with Gasteiger partial charge < -0.3 is 10.1 Å². The van der Waals surface area contributed by atoms with E-state index >= 15 is 0 Å². The second kappa shape index (κ2) is 6.78. The van der Waals surface area contributed by atoms with E-state index in [-0.39, 0.29) is 11.7 Å². The molecule has 0 atom stereocenters. The SMILES string of the molecule is Cc1cc(Cl)ccc1Nc1cc2c(cn1)n(C)c(=O)n2C1CCOCC1. The summed E-state index contributed by atoms with van der Waals surface area (Å²) in [4.78, 5) is 17.3. The minimum Gasteiger partial charge on any atom is -0.381 e. The van der Waals surface area contributed by atoms with Gasteiger partial charge in [-0.2, -0.15) is 0 Å². The van der Waals surface area contributed by atoms with E-state index in [1.54, 1.807) is 17.8 Å². The minimum absolute atomic E-state index is 0.00600. The summed E-state index contributed by atoms with van der Waals surface area (Å²) in [7, 11) is 1.79. The summed E-state index contributed by atoms with van der Waals surface area (Å²) in [5, 5.41) is 4.03. The third kappa shape index (κ3) is 2.99. The lowest BCUT2D eigenvalue weighted by atomic mass is 10.1. The Hall–Kier alpha value is -2.31. The molecule has 1 aromatic carbocycles. The number of halogens is 1. The quantitative estimate of drug-likeness (QED) is 0.759. The van der Waals surface area contributed by atoms with Crippen LogP contribution in [0.4, 0.5) is 11.5 Å². The summed E-state index contributed by atoms with van der Waals surface area (Å²) >= 11 is 6.03. The number of anilines is 2. The number of hydrogen-bond acceptors (Lipinski definition) is 4. The van der Waals surface area contributed by atoms with Crippen LogP contribution in [0.25, 0.3) is 11.0 Å². The molecule has 2 aromatic heterocycles. The van der Waals surface area contributed by atoms with E-state index in [0.717, 1.165) is 35.1 Å². The number of hydrogen-bond donors (Lipinski definition) is 1. The standard InChI is InChI=1S/C19H21ClN4O2/c1-12-9-13(20)3-4-15(12)22-18-10-16-17(11-21-18)23(2)19(25)24(16)14-5-7-26-8-6-14/h3-4,9-11,14H,5-8H2,1-2H3,(H,21,22). The molecule has 6 nitrogen and oxygen atoms in total. The number of ether oxygens (including phenoxy) is 1. The third-order valence-corrected chi connectivity index (χ3v) is 5.22. The molecular weight excluding hydrogens is 352 g/mol. The lowest BCUT2D eigenvalue weighted by molar-refractivity contribution is 0.0696. The van der Waals surface area contributed by atoms with Crippen LogP contribution in [0.3, 0.4) is 0 Å². The summed E-state index contributed by atoms with van der Waals surface area (Å²) in [5.41, 5.74) is 3.70. The molecule has 0 spiro atoms. The third-order valence-electron chi connectivity index (χ3n) is 4.98. The van der Waals surface area contributed by atoms with Crippen molar-refractivity contribution in [2.24, 2.45) is 7.05 Å². The highest BCUT2D eigenvalue weighted by Gasteiger charge is 2.22. The molecule has 0 amide bonds. The van der Waals surface area contributed by atoms with Gasteiger partial charge in [-0.05, 0) is 43.5 Å². The van der Waals surface area contributed by atoms with Gasteiger partial charge in [0.2, 0.25) is 0 Å². The summed E-state index contributed by atoms with van der Waals surface area (Å²) in [6.07, 6.45) is 3.45. The predicted octanol–water partition coefficient (Wildman–Crippen LogP) is 3.79. The zero-order valence-corrected chi connectivity index (χ0v) is 15.6. The minimum atomic E-state index is -0.00600. The molecule has 7 heteroatoms. The van der Waals surface area contributed by atoms with Gasteiger partial charge >= 0.3 is 5.69 Å². The molecule has 1 aliphatic rings. The molecule has 3 aromatic rings. The van der Waals surface area contributed by atoms with E-state index in [1.165, 1.54) is 0 Å². The second-order valence-electron chi connectivity index (χ2n) is 6.70. The first-order chi connectivity index (χ1) is 12.5. The Balaban J connectivity index is 1.77. The summed E-state index contributed by atoms with van der Waals surface area (Å²) in [6.45, 7) is 3.37. The van der Waals surface area contributed by atoms with Gasteiger partial charge in [0, 0.05) is 43.1 Å². The van der Waals surface area contributed by atoms with E-state index in [1.807, 2.05) is 35.8 Å². The molecule has 1 N–H and O–H groups in total. The van der Waals surface area contributed by atoms with Gasteiger partial charge in [0.1, 0.15) is 5.82 Å². The number of aryl methyl sites for hydroxylation is 2. The van der Waals surface area contributed by atoms with Crippen molar-refractivity contribution in [3.05, 3.63) is 51.5 Å². The van der Waals surface area contributed by atoms with Gasteiger partial charge in [0.05, 0.1) is 17.2 Å². The van der Waals surface area contributed by atoms with Gasteiger partial charge in [-0.1, -0.05) is 11.6 Å². The number of benzene rings is 1. The van der Waals surface area contributed by atoms with Gasteiger partial charge in [-0.15, -0.1) is 0 Å². The van der Waals surface area contributed by atoms with Crippen molar-refractivity contribution in [2.45, 2.75) is 25.8 Å². The Bertz CT molecular complexity index is 1020. The fraction of sp³-hybridized carbons (Fsp3) is 0.368. The average Bonchev–Trinajstić information content (AvgIpc) is 2.89. The lowest BCUT2D eigenvalue weighted by Gasteiger charge is -2.23. The molecule has 26 heavy (non-hydrogen) atoms. The molecule has 1 fully saturated rings. The highest BCUT2D eigenvalue weighted by molar-refractivity contribution is 6.30. The number of pyridine rings is 1. The largest absolute Gasteiger partial charge is 0.381 e. The number of rotatable bonds is 3. The fourth-order valence-corrected chi connectivity index (χ4v) is 3.75. The van der Waals surface area contributed by atoms with Crippen LogP contribution in [0, 0.1) is 6.92 Å². The van der Waals surface area contributed by atoms with Crippen LogP contribution >= 0.6 is 11.6 Å². The average molecular weight is 373 g/mol. The smallest absolute Gasteiger partial charge is 0.329 e. The van der Waals surface area contributed by atoms with E-state index in [2.05, 4.69) is 10.3 Å². The van der Waals surface area contributed by atoms with Crippen molar-refractivity contribution >= 4 is 34.1 Å². The highest BCUT2D eigenvalue weighted by atomic mass is 35.5. The van der Waals surface area contributed by atoms with Crippen molar-refractivity contribution in [3.8, 4) is 0 Å². The van der Waals surface area contributed by atoms with Crippen molar-refractivity contribution in [1.29, 1.82) is 0 Å². The van der Waals surface area contributed by atoms with E-state index in [9.17, 15) is 4.79 Å². The van der Waals surface area contributed by atoms with Crippen LogP contribution < -0.4 is 11.0 Å². The normalized spacial score (nSPS) is 15.5. The van der Waals surface area contributed by atoms with Crippen LogP contribution in [0.2, 0.25) is 5.02 Å². The van der Waals surface area contributed by atoms with Crippen molar-refractivity contribution in [1.82, 2.24) is 14.1 Å². The molecule has 0 radical (unpaired) electrons. The van der Waals surface area contributed by atoms with Crippen LogP contribution in [0.15, 0.2) is 35.3 Å². The summed E-state index contributed by atoms with van der Waals surface area (Å²) in [6, 6.07) is 7.78. The first kappa shape index (κ1) is 17.1. The van der Waals surface area contributed by atoms with E-state index < -0.39 is 0 Å². The zero-order chi connectivity index (χ0) is 18.3. The van der Waals surface area contributed by atoms with Crippen LogP contribution in [-0.2, 0) is 11.8 Å². The number of imidazole rings is 1. The second-order valence-corrected chi connectivity index (χ2v) is 7.13. The topological polar surface area (TPSA) is 61.1 Å². The Morgan fingerprint density at radius 3 is 2.73 bits per heavy atom. The van der Waals surface area contributed by atoms with Gasteiger partial charge in [0.15, 0.2) is 0 Å². The fourth-order valence-electron chi connectivity index (χ4n) is 3.53. The van der Waals surface area contributed by atoms with E-state index in [0.29, 0.717) is 24.1 Å². The molecule has 3 heterocycles. The van der Waals surface area contributed by atoms with E-state index in [4.69, 9.17) is 16.3 Å². The monoisotopic (exact) mass is 372 g/mol.